The third-order valence-corrected chi connectivity index (χ3v) is 3.55. The molecule has 2 saturated heterocycles. The molecule has 1 atom stereocenters. The fraction of sp³-hybridized carbons (Fsp3) is 0.909. The first-order valence-corrected chi connectivity index (χ1v) is 5.87. The zero-order valence-electron chi connectivity index (χ0n) is 9.90. The third kappa shape index (κ3) is 2.15. The molecule has 5 heteroatoms. The number of ether oxygens (including phenoxy) is 1. The highest BCUT2D eigenvalue weighted by Crippen LogP contribution is 2.28. The smallest absolute Gasteiger partial charge is 0.317 e. The van der Waals surface area contributed by atoms with E-state index in [0.29, 0.717) is 19.7 Å². The Morgan fingerprint density at radius 1 is 1.56 bits per heavy atom. The lowest BCUT2D eigenvalue weighted by Crippen LogP contribution is -2.68. The maximum atomic E-state index is 11.7. The number of amides is 2. The molecule has 0 aliphatic carbocycles. The van der Waals surface area contributed by atoms with Gasteiger partial charge in [-0.25, -0.2) is 4.79 Å². The zero-order valence-corrected chi connectivity index (χ0v) is 9.90. The molecule has 2 N–H and O–H groups in total. The minimum Gasteiger partial charge on any atom is -0.386 e. The Kier molecular flexibility index (Phi) is 3.08. The van der Waals surface area contributed by atoms with Gasteiger partial charge in [0, 0.05) is 6.61 Å². The molecule has 16 heavy (non-hydrogen) atoms. The van der Waals surface area contributed by atoms with Crippen LogP contribution in [0, 0.1) is 5.92 Å². The number of carbonyl (C=O) groups is 1. The van der Waals surface area contributed by atoms with Crippen molar-refractivity contribution in [1.82, 2.24) is 10.2 Å². The number of β-amino-alcohol motifs (C(OH)–C–C–N with tert-alkyl or cyclic N) is 1. The number of rotatable bonds is 2. The fourth-order valence-corrected chi connectivity index (χ4v) is 2.04. The topological polar surface area (TPSA) is 61.8 Å². The van der Waals surface area contributed by atoms with Gasteiger partial charge in [0.2, 0.25) is 0 Å². The summed E-state index contributed by atoms with van der Waals surface area (Å²) in [5.74, 6) is 0.186. The van der Waals surface area contributed by atoms with Crippen LogP contribution in [0.4, 0.5) is 4.79 Å². The Morgan fingerprint density at radius 2 is 2.25 bits per heavy atom. The van der Waals surface area contributed by atoms with E-state index in [-0.39, 0.29) is 18.0 Å². The van der Waals surface area contributed by atoms with Crippen LogP contribution in [-0.4, -0.2) is 54.0 Å². The van der Waals surface area contributed by atoms with E-state index in [1.54, 1.807) is 4.90 Å². The molecule has 2 aliphatic heterocycles. The number of hydrogen-bond donors (Lipinski definition) is 2. The first kappa shape index (κ1) is 11.7. The summed E-state index contributed by atoms with van der Waals surface area (Å²) in [7, 11) is 0. The maximum absolute atomic E-state index is 11.7. The fourth-order valence-electron chi connectivity index (χ4n) is 2.04. The number of aliphatic hydroxyl groups is 1. The molecule has 0 saturated carbocycles. The van der Waals surface area contributed by atoms with Crippen LogP contribution in [0.3, 0.4) is 0 Å². The van der Waals surface area contributed by atoms with Gasteiger partial charge in [-0.2, -0.15) is 0 Å². The lowest BCUT2D eigenvalue weighted by molar-refractivity contribution is -0.107. The van der Waals surface area contributed by atoms with Gasteiger partial charge in [0.25, 0.3) is 0 Å². The minimum atomic E-state index is -0.691. The van der Waals surface area contributed by atoms with Gasteiger partial charge in [-0.05, 0) is 12.3 Å². The lowest BCUT2D eigenvalue weighted by atomic mass is 9.83. The van der Waals surface area contributed by atoms with Crippen molar-refractivity contribution in [2.24, 2.45) is 5.92 Å². The van der Waals surface area contributed by atoms with Gasteiger partial charge < -0.3 is 20.1 Å². The standard InChI is InChI=1S/C11H20N2O3/c1-8(2)11(15)6-13(7-11)10(14)12-9-3-4-16-5-9/h8-9,15H,3-7H2,1-2H3,(H,12,14). The summed E-state index contributed by atoms with van der Waals surface area (Å²) in [6.45, 7) is 6.14. The Labute approximate surface area is 95.8 Å². The SMILES string of the molecule is CC(C)C1(O)CN(C(=O)NC2CCOC2)C1. The van der Waals surface area contributed by atoms with Crippen molar-refractivity contribution in [3.8, 4) is 0 Å². The second-order valence-electron chi connectivity index (χ2n) is 5.12. The van der Waals surface area contributed by atoms with Crippen LogP contribution in [0.15, 0.2) is 0 Å². The molecular formula is C11H20N2O3. The van der Waals surface area contributed by atoms with Crippen LogP contribution in [-0.2, 0) is 4.74 Å². The molecule has 2 fully saturated rings. The Morgan fingerprint density at radius 3 is 2.75 bits per heavy atom. The van der Waals surface area contributed by atoms with E-state index in [2.05, 4.69) is 5.32 Å². The van der Waals surface area contributed by atoms with Gasteiger partial charge >= 0.3 is 6.03 Å². The summed E-state index contributed by atoms with van der Waals surface area (Å²) in [5, 5.41) is 12.9. The second kappa shape index (κ2) is 4.22. The van der Waals surface area contributed by atoms with Gasteiger partial charge in [-0.15, -0.1) is 0 Å². The van der Waals surface area contributed by atoms with Crippen LogP contribution in [0.5, 0.6) is 0 Å². The van der Waals surface area contributed by atoms with Crippen LogP contribution in [0.1, 0.15) is 20.3 Å². The van der Waals surface area contributed by atoms with Crippen LogP contribution < -0.4 is 5.32 Å². The van der Waals surface area contributed by atoms with Gasteiger partial charge in [0.15, 0.2) is 0 Å². The Hall–Kier alpha value is -0.810. The molecule has 0 aromatic rings. The number of nitrogens with zero attached hydrogens (tertiary/aromatic N) is 1. The predicted octanol–water partition coefficient (Wildman–Crippen LogP) is 0.188. The van der Waals surface area contributed by atoms with E-state index in [0.717, 1.165) is 13.0 Å². The molecule has 2 amide bonds. The number of carbonyl (C=O) groups excluding carboxylic acids is 1. The molecule has 0 aromatic carbocycles. The molecule has 92 valence electrons. The summed E-state index contributed by atoms with van der Waals surface area (Å²) in [6, 6.07) is 0.0565. The van der Waals surface area contributed by atoms with Crippen molar-refractivity contribution in [3.63, 3.8) is 0 Å². The lowest BCUT2D eigenvalue weighted by Gasteiger charge is -2.49. The Bertz CT molecular complexity index is 268. The third-order valence-electron chi connectivity index (χ3n) is 3.55. The quantitative estimate of drug-likeness (QED) is 0.709. The molecule has 0 bridgehead atoms. The molecule has 1 unspecified atom stereocenters. The average Bonchev–Trinajstić information content (AvgIpc) is 2.64. The van der Waals surface area contributed by atoms with E-state index in [4.69, 9.17) is 4.74 Å². The van der Waals surface area contributed by atoms with E-state index < -0.39 is 5.60 Å². The molecule has 0 spiro atoms. The number of urea groups is 1. The monoisotopic (exact) mass is 228 g/mol. The number of nitrogens with one attached hydrogen (secondary N) is 1. The van der Waals surface area contributed by atoms with Crippen LogP contribution >= 0.6 is 0 Å². The predicted molar refractivity (Wildman–Crippen MR) is 59.1 cm³/mol. The summed E-state index contributed by atoms with van der Waals surface area (Å²) in [6.07, 6.45) is 0.883. The molecule has 2 rings (SSSR count). The van der Waals surface area contributed by atoms with E-state index in [1.165, 1.54) is 0 Å². The highest BCUT2D eigenvalue weighted by atomic mass is 16.5. The highest BCUT2D eigenvalue weighted by Gasteiger charge is 2.46. The second-order valence-corrected chi connectivity index (χ2v) is 5.12. The molecule has 2 aliphatic rings. The molecule has 0 aromatic heterocycles. The Balaban J connectivity index is 1.76. The van der Waals surface area contributed by atoms with E-state index >= 15 is 0 Å². The van der Waals surface area contributed by atoms with Crippen molar-refractivity contribution in [1.29, 1.82) is 0 Å². The molecule has 5 nitrogen and oxygen atoms in total. The summed E-state index contributed by atoms with van der Waals surface area (Å²) in [4.78, 5) is 13.4. The van der Waals surface area contributed by atoms with Gasteiger partial charge in [-0.1, -0.05) is 13.8 Å². The highest BCUT2D eigenvalue weighted by molar-refractivity contribution is 5.75. The number of hydrogen-bond acceptors (Lipinski definition) is 3. The zero-order chi connectivity index (χ0) is 11.8. The average molecular weight is 228 g/mol. The molecule has 0 radical (unpaired) electrons. The van der Waals surface area contributed by atoms with E-state index in [1.807, 2.05) is 13.8 Å². The van der Waals surface area contributed by atoms with Crippen molar-refractivity contribution in [2.45, 2.75) is 31.9 Å². The van der Waals surface area contributed by atoms with Crippen LogP contribution in [0.2, 0.25) is 0 Å². The summed E-state index contributed by atoms with van der Waals surface area (Å²) >= 11 is 0. The van der Waals surface area contributed by atoms with Crippen molar-refractivity contribution >= 4 is 6.03 Å². The summed E-state index contributed by atoms with van der Waals surface area (Å²) in [5.41, 5.74) is -0.691. The first-order chi connectivity index (χ1) is 7.51. The normalized spacial score (nSPS) is 28.0. The largest absolute Gasteiger partial charge is 0.386 e. The van der Waals surface area contributed by atoms with Gasteiger partial charge in [-0.3, -0.25) is 0 Å². The van der Waals surface area contributed by atoms with Crippen molar-refractivity contribution < 1.29 is 14.6 Å². The minimum absolute atomic E-state index is 0.0826. The van der Waals surface area contributed by atoms with Crippen molar-refractivity contribution in [3.05, 3.63) is 0 Å². The first-order valence-electron chi connectivity index (χ1n) is 5.87. The maximum Gasteiger partial charge on any atom is 0.317 e. The number of likely N-dealkylation sites (tertiary alicyclic amines) is 1. The van der Waals surface area contributed by atoms with Crippen LogP contribution in [0.25, 0.3) is 0 Å². The van der Waals surface area contributed by atoms with Gasteiger partial charge in [0.05, 0.1) is 25.7 Å². The van der Waals surface area contributed by atoms with Gasteiger partial charge in [0.1, 0.15) is 5.60 Å². The van der Waals surface area contributed by atoms with Crippen molar-refractivity contribution in [2.75, 3.05) is 26.3 Å². The molecular weight excluding hydrogens is 208 g/mol. The van der Waals surface area contributed by atoms with E-state index in [9.17, 15) is 9.90 Å². The summed E-state index contributed by atoms with van der Waals surface area (Å²) < 4.78 is 5.19. The molecule has 2 heterocycles.